The number of aliphatic hydroxyl groups excluding tert-OH is 1. The Hall–Kier alpha value is -1.44. The van der Waals surface area contributed by atoms with Gasteiger partial charge in [-0.25, -0.2) is 0 Å². The van der Waals surface area contributed by atoms with Crippen molar-refractivity contribution in [2.75, 3.05) is 42.7 Å². The van der Waals surface area contributed by atoms with Gasteiger partial charge in [0.05, 0.1) is 36.1 Å². The van der Waals surface area contributed by atoms with Gasteiger partial charge >= 0.3 is 0 Å². The van der Waals surface area contributed by atoms with Crippen molar-refractivity contribution >= 4 is 0 Å². The summed E-state index contributed by atoms with van der Waals surface area (Å²) in [5.74, 6) is 2.17. The fraction of sp³-hybridized carbons (Fsp3) is 0.833. The lowest BCUT2D eigenvalue weighted by molar-refractivity contribution is -0.225. The van der Waals surface area contributed by atoms with Gasteiger partial charge in [0.25, 0.3) is 0 Å². The van der Waals surface area contributed by atoms with E-state index in [1.165, 1.54) is 0 Å². The first-order valence-electron chi connectivity index (χ1n) is 22.3. The van der Waals surface area contributed by atoms with Gasteiger partial charge in [0, 0.05) is 67.3 Å². The van der Waals surface area contributed by atoms with E-state index in [4.69, 9.17) is 37.9 Å². The number of hydrogen-bond donors (Lipinski definition) is 2. The van der Waals surface area contributed by atoms with Crippen LogP contribution in [0.4, 0.5) is 0 Å². The summed E-state index contributed by atoms with van der Waals surface area (Å²) in [4.78, 5) is 0. The Morgan fingerprint density at radius 1 is 0.741 bits per heavy atom. The number of ether oxygens (including phenoxy) is 8. The second kappa shape index (κ2) is 23.1. The van der Waals surface area contributed by atoms with Crippen LogP contribution >= 0.6 is 0 Å². The van der Waals surface area contributed by atoms with Crippen LogP contribution in [0.2, 0.25) is 0 Å². The highest BCUT2D eigenvalue weighted by Crippen LogP contribution is 2.51. The molecule has 2 saturated carbocycles. The molecular weight excluding hydrogens is 737 g/mol. The van der Waals surface area contributed by atoms with Gasteiger partial charge in [-0.2, -0.15) is 0 Å². The Labute approximate surface area is 352 Å². The molecule has 0 radical (unpaired) electrons. The van der Waals surface area contributed by atoms with E-state index in [1.54, 1.807) is 35.5 Å². The highest BCUT2D eigenvalue weighted by atomic mass is 16.7. The minimum atomic E-state index is -0.680. The van der Waals surface area contributed by atoms with Crippen molar-refractivity contribution in [1.29, 1.82) is 0 Å². The quantitative estimate of drug-likeness (QED) is 0.0975. The second-order valence-corrected chi connectivity index (χ2v) is 18.3. The molecule has 2 saturated heterocycles. The Morgan fingerprint density at radius 3 is 1.95 bits per heavy atom. The molecule has 4 aliphatic rings. The number of hydrogen-bond acceptors (Lipinski definition) is 10. The topological polar surface area (TPSA) is 114 Å². The first kappa shape index (κ1) is 49.2. The van der Waals surface area contributed by atoms with Gasteiger partial charge in [0.1, 0.15) is 12.2 Å². The number of allylic oxidation sites excluding steroid dienone is 4. The Kier molecular flexibility index (Phi) is 19.6. The number of rotatable bonds is 23. The summed E-state index contributed by atoms with van der Waals surface area (Å²) in [5, 5.41) is 22.8. The molecule has 0 amide bonds. The van der Waals surface area contributed by atoms with Crippen LogP contribution in [0.25, 0.3) is 0 Å². The minimum absolute atomic E-state index is 0.00495. The average molecular weight is 819 g/mol. The smallest absolute Gasteiger partial charge is 0.158 e. The highest BCUT2D eigenvalue weighted by Gasteiger charge is 2.50. The molecule has 2 aliphatic carbocycles. The van der Waals surface area contributed by atoms with Crippen LogP contribution in [0.3, 0.4) is 0 Å². The van der Waals surface area contributed by atoms with E-state index < -0.39 is 11.7 Å². The van der Waals surface area contributed by atoms with Gasteiger partial charge in [-0.1, -0.05) is 71.1 Å². The molecule has 2 aliphatic heterocycles. The Morgan fingerprint density at radius 2 is 1.36 bits per heavy atom. The zero-order chi connectivity index (χ0) is 42.7. The summed E-state index contributed by atoms with van der Waals surface area (Å²) >= 11 is 0. The summed E-state index contributed by atoms with van der Waals surface area (Å²) in [5.41, 5.74) is 1.47. The van der Waals surface area contributed by atoms with Gasteiger partial charge in [0.2, 0.25) is 0 Å². The van der Waals surface area contributed by atoms with Crippen molar-refractivity contribution in [1.82, 2.24) is 0 Å². The summed E-state index contributed by atoms with van der Waals surface area (Å²) in [6.45, 7) is 15.1. The first-order valence-corrected chi connectivity index (χ1v) is 22.3. The van der Waals surface area contributed by atoms with Crippen molar-refractivity contribution < 1.29 is 48.1 Å². The lowest BCUT2D eigenvalue weighted by Crippen LogP contribution is -2.52. The van der Waals surface area contributed by atoms with E-state index in [9.17, 15) is 10.2 Å². The zero-order valence-corrected chi connectivity index (χ0v) is 38.3. The fourth-order valence-corrected chi connectivity index (χ4v) is 10.4. The molecule has 0 aromatic heterocycles. The monoisotopic (exact) mass is 819 g/mol. The minimum Gasteiger partial charge on any atom is -0.392 e. The fourth-order valence-electron chi connectivity index (χ4n) is 10.4. The van der Waals surface area contributed by atoms with Crippen LogP contribution in [0, 0.1) is 47.3 Å². The molecule has 4 rings (SSSR count). The molecule has 0 aromatic carbocycles. The molecule has 334 valence electrons. The zero-order valence-electron chi connectivity index (χ0n) is 38.3. The van der Waals surface area contributed by atoms with Gasteiger partial charge < -0.3 is 48.1 Å². The maximum atomic E-state index is 11.4. The van der Waals surface area contributed by atoms with E-state index >= 15 is 0 Å². The van der Waals surface area contributed by atoms with Crippen LogP contribution in [0.5, 0.6) is 0 Å². The van der Waals surface area contributed by atoms with E-state index in [1.807, 2.05) is 13.2 Å². The number of aliphatic hydroxyl groups is 2. The Bertz CT molecular complexity index is 1340. The lowest BCUT2D eigenvalue weighted by atomic mass is 9.60. The standard InChI is InChI=1S/C48H82O10/c1-14-39(51-8)33(6)36-27-48(50,28-36)32(5)20-16-19-31(4)46-47(56-13)35(25-43(55-12)58-46)21-22-40(52-9)34(7)37-26-38(37)44(49)29(2)17-15-18-30(3)45-41(53-10)23-24-42(54-11)57-45/h15-20,29,32-47,49-50H,14,21-28H2,1-13H3/b17-15+,20-16+,30-18+,31-19+/t29-,32-,33-,34-,35?,36-,37-,38+,39-,40-,41+,42+,43+,44+,45+,46+,47-,48-/m0/s1. The van der Waals surface area contributed by atoms with E-state index in [0.717, 1.165) is 68.9 Å². The normalized spacial score (nSPS) is 37.3. The van der Waals surface area contributed by atoms with Crippen LogP contribution in [-0.4, -0.2) is 114 Å². The van der Waals surface area contributed by atoms with Crippen molar-refractivity contribution in [3.8, 4) is 0 Å². The SMILES string of the molecule is CC[C@H](OC)[C@@H](C)[C@H]1C[C@@](O)([C@@H](C)/C=C/C=C(\C)[C@H]2O[C@@H](OC)CC(CC[C@H](OC)[C@@H](C)[C@@H]3C[C@H]3[C@H](O)[C@@H](C)/C=C/C=C(\C)[C@H]3O[C@@H](OC)CC[C@H]3OC)[C@@H]2OC)C1. The van der Waals surface area contributed by atoms with Gasteiger partial charge in [-0.05, 0) is 105 Å². The van der Waals surface area contributed by atoms with E-state index in [2.05, 4.69) is 78.8 Å². The largest absolute Gasteiger partial charge is 0.392 e. The van der Waals surface area contributed by atoms with E-state index in [-0.39, 0.29) is 72.9 Å². The molecule has 10 heteroatoms. The molecule has 4 fully saturated rings. The maximum absolute atomic E-state index is 11.4. The van der Waals surface area contributed by atoms with Crippen molar-refractivity contribution in [2.24, 2.45) is 47.3 Å². The molecule has 0 spiro atoms. The molecule has 58 heavy (non-hydrogen) atoms. The first-order chi connectivity index (χ1) is 27.7. The third kappa shape index (κ3) is 12.4. The van der Waals surface area contributed by atoms with Crippen molar-refractivity contribution in [2.45, 2.75) is 167 Å². The maximum Gasteiger partial charge on any atom is 0.158 e. The average Bonchev–Trinajstić information content (AvgIpc) is 4.03. The van der Waals surface area contributed by atoms with Gasteiger partial charge in [-0.3, -0.25) is 0 Å². The van der Waals surface area contributed by atoms with E-state index in [0.29, 0.717) is 23.7 Å². The lowest BCUT2D eigenvalue weighted by Gasteiger charge is -2.50. The third-order valence-electron chi connectivity index (χ3n) is 14.8. The molecule has 0 bridgehead atoms. The van der Waals surface area contributed by atoms with Crippen LogP contribution in [-0.2, 0) is 37.9 Å². The van der Waals surface area contributed by atoms with Crippen LogP contribution in [0.1, 0.15) is 106 Å². The Balaban J connectivity index is 1.30. The molecule has 2 N–H and O–H groups in total. The van der Waals surface area contributed by atoms with Crippen molar-refractivity contribution in [3.05, 3.63) is 47.6 Å². The predicted molar refractivity (Wildman–Crippen MR) is 229 cm³/mol. The number of methoxy groups -OCH3 is 6. The summed E-state index contributed by atoms with van der Waals surface area (Å²) in [6.07, 6.45) is 19.2. The molecule has 2 heterocycles. The predicted octanol–water partition coefficient (Wildman–Crippen LogP) is 8.45. The highest BCUT2D eigenvalue weighted by molar-refractivity contribution is 5.20. The molecule has 0 aromatic rings. The van der Waals surface area contributed by atoms with Gasteiger partial charge in [0.15, 0.2) is 12.6 Å². The van der Waals surface area contributed by atoms with Crippen LogP contribution < -0.4 is 0 Å². The molecular formula is C48H82O10. The second-order valence-electron chi connectivity index (χ2n) is 18.3. The molecule has 10 nitrogen and oxygen atoms in total. The summed E-state index contributed by atoms with van der Waals surface area (Å²) in [6, 6.07) is 0. The third-order valence-corrected chi connectivity index (χ3v) is 14.8. The summed E-state index contributed by atoms with van der Waals surface area (Å²) < 4.78 is 47.5. The molecule has 16 atom stereocenters. The van der Waals surface area contributed by atoms with Crippen molar-refractivity contribution in [3.63, 3.8) is 0 Å². The molecule has 1 unspecified atom stereocenters. The van der Waals surface area contributed by atoms with Crippen LogP contribution in [0.15, 0.2) is 47.6 Å². The van der Waals surface area contributed by atoms with Gasteiger partial charge in [-0.15, -0.1) is 0 Å². The summed E-state index contributed by atoms with van der Waals surface area (Å²) in [7, 11) is 10.5.